The zero-order chi connectivity index (χ0) is 15.6. The number of nitrogens with zero attached hydrogens (tertiary/aromatic N) is 1. The normalized spacial score (nSPS) is 12.2. The largest absolute Gasteiger partial charge is 0.478 e. The number of carbonyl (C=O) groups excluding carboxylic acids is 1. The van der Waals surface area contributed by atoms with Crippen LogP contribution in [0.2, 0.25) is 5.02 Å². The Morgan fingerprint density at radius 3 is 2.20 bits per heavy atom. The lowest BCUT2D eigenvalue weighted by Gasteiger charge is -2.39. The smallest absolute Gasteiger partial charge is 0.266 e. The summed E-state index contributed by atoms with van der Waals surface area (Å²) in [5.74, 6) is 0.370. The Labute approximate surface area is 125 Å². The van der Waals surface area contributed by atoms with Gasteiger partial charge in [0.1, 0.15) is 5.75 Å². The van der Waals surface area contributed by atoms with Gasteiger partial charge in [-0.25, -0.2) is 0 Å². The Morgan fingerprint density at radius 2 is 1.75 bits per heavy atom. The Kier molecular flexibility index (Phi) is 5.05. The molecule has 1 aromatic carbocycles. The predicted octanol–water partition coefficient (Wildman–Crippen LogP) is 2.73. The monoisotopic (exact) mass is 299 g/mol. The Hall–Kier alpha value is -1.26. The second-order valence-corrected chi connectivity index (χ2v) is 6.34. The van der Waals surface area contributed by atoms with E-state index in [0.717, 1.165) is 0 Å². The van der Waals surface area contributed by atoms with Crippen LogP contribution >= 0.6 is 11.6 Å². The highest BCUT2D eigenvalue weighted by atomic mass is 35.5. The fourth-order valence-corrected chi connectivity index (χ4v) is 1.75. The van der Waals surface area contributed by atoms with E-state index in [0.29, 0.717) is 10.8 Å². The number of aliphatic hydroxyl groups is 1. The number of aliphatic hydroxyl groups excluding tert-OH is 1. The van der Waals surface area contributed by atoms with Gasteiger partial charge in [0, 0.05) is 12.1 Å². The fourth-order valence-electron chi connectivity index (χ4n) is 1.63. The highest BCUT2D eigenvalue weighted by Crippen LogP contribution is 2.24. The van der Waals surface area contributed by atoms with Crippen LogP contribution in [-0.4, -0.2) is 40.7 Å². The van der Waals surface area contributed by atoms with Crippen LogP contribution in [0, 0.1) is 0 Å². The third-order valence-electron chi connectivity index (χ3n) is 3.30. The lowest BCUT2D eigenvalue weighted by Crippen LogP contribution is -2.56. The van der Waals surface area contributed by atoms with Crippen molar-refractivity contribution in [2.24, 2.45) is 0 Å². The van der Waals surface area contributed by atoms with E-state index in [-0.39, 0.29) is 12.5 Å². The molecule has 0 heterocycles. The van der Waals surface area contributed by atoms with Crippen LogP contribution in [0.5, 0.6) is 5.75 Å². The summed E-state index contributed by atoms with van der Waals surface area (Å²) in [6.07, 6.45) is 0. The number of carbonyl (C=O) groups is 1. The van der Waals surface area contributed by atoms with Gasteiger partial charge in [0.2, 0.25) is 0 Å². The van der Waals surface area contributed by atoms with E-state index in [1.807, 2.05) is 0 Å². The van der Waals surface area contributed by atoms with Gasteiger partial charge >= 0.3 is 0 Å². The van der Waals surface area contributed by atoms with Crippen LogP contribution in [0.4, 0.5) is 0 Å². The topological polar surface area (TPSA) is 49.8 Å². The molecule has 1 rings (SSSR count). The number of hydrogen-bond donors (Lipinski definition) is 1. The summed E-state index contributed by atoms with van der Waals surface area (Å²) in [5.41, 5.74) is -1.67. The molecule has 0 aliphatic rings. The average molecular weight is 300 g/mol. The molecule has 0 aliphatic heterocycles. The molecule has 1 amide bonds. The maximum Gasteiger partial charge on any atom is 0.266 e. The van der Waals surface area contributed by atoms with E-state index in [2.05, 4.69) is 0 Å². The first-order valence-corrected chi connectivity index (χ1v) is 6.81. The molecule has 1 N–H and O–H groups in total. The highest BCUT2D eigenvalue weighted by Gasteiger charge is 2.38. The second-order valence-electron chi connectivity index (χ2n) is 5.90. The van der Waals surface area contributed by atoms with Crippen LogP contribution < -0.4 is 4.74 Å². The summed E-state index contributed by atoms with van der Waals surface area (Å²) in [7, 11) is 1.66. The molecule has 0 radical (unpaired) electrons. The van der Waals surface area contributed by atoms with Gasteiger partial charge in [-0.2, -0.15) is 0 Å². The summed E-state index contributed by atoms with van der Waals surface area (Å²) in [6, 6.07) is 6.85. The van der Waals surface area contributed by atoms with Crippen molar-refractivity contribution in [2.45, 2.75) is 38.8 Å². The summed E-state index contributed by atoms with van der Waals surface area (Å²) >= 11 is 5.82. The summed E-state index contributed by atoms with van der Waals surface area (Å²) in [4.78, 5) is 14.0. The molecule has 0 aromatic heterocycles. The minimum atomic E-state index is -1.03. The van der Waals surface area contributed by atoms with E-state index >= 15 is 0 Å². The molecule has 0 unspecified atom stereocenters. The molecular weight excluding hydrogens is 278 g/mol. The van der Waals surface area contributed by atoms with E-state index in [4.69, 9.17) is 16.3 Å². The Balaban J connectivity index is 2.87. The zero-order valence-corrected chi connectivity index (χ0v) is 13.4. The molecule has 1 aromatic rings. The molecule has 5 heteroatoms. The zero-order valence-electron chi connectivity index (χ0n) is 12.6. The maximum absolute atomic E-state index is 12.5. The van der Waals surface area contributed by atoms with Crippen molar-refractivity contribution in [3.05, 3.63) is 29.3 Å². The first-order chi connectivity index (χ1) is 9.10. The van der Waals surface area contributed by atoms with Gasteiger partial charge in [0.15, 0.2) is 5.60 Å². The van der Waals surface area contributed by atoms with Crippen molar-refractivity contribution < 1.29 is 14.6 Å². The molecule has 0 spiro atoms. The summed E-state index contributed by atoms with van der Waals surface area (Å²) < 4.78 is 5.75. The lowest BCUT2D eigenvalue weighted by molar-refractivity contribution is -0.150. The number of benzene rings is 1. The SMILES string of the molecule is CN(C(=O)C(C)(C)Oc1ccc(Cl)cc1)C(C)(C)CO. The van der Waals surface area contributed by atoms with Crippen LogP contribution in [-0.2, 0) is 4.79 Å². The third-order valence-corrected chi connectivity index (χ3v) is 3.55. The number of hydrogen-bond acceptors (Lipinski definition) is 3. The first-order valence-electron chi connectivity index (χ1n) is 6.44. The molecule has 0 atom stereocenters. The van der Waals surface area contributed by atoms with Gasteiger partial charge in [-0.05, 0) is 52.0 Å². The van der Waals surface area contributed by atoms with E-state index in [1.165, 1.54) is 4.90 Å². The van der Waals surface area contributed by atoms with Crippen LogP contribution in [0.1, 0.15) is 27.7 Å². The van der Waals surface area contributed by atoms with Gasteiger partial charge in [-0.15, -0.1) is 0 Å². The van der Waals surface area contributed by atoms with Crippen molar-refractivity contribution >= 4 is 17.5 Å². The minimum Gasteiger partial charge on any atom is -0.478 e. The second kappa shape index (κ2) is 6.02. The van der Waals surface area contributed by atoms with Gasteiger partial charge < -0.3 is 14.7 Å². The van der Waals surface area contributed by atoms with Crippen molar-refractivity contribution in [1.29, 1.82) is 0 Å². The van der Waals surface area contributed by atoms with Gasteiger partial charge in [0.25, 0.3) is 5.91 Å². The summed E-state index contributed by atoms with van der Waals surface area (Å²) in [5, 5.41) is 9.96. The standard InChI is InChI=1S/C15H22ClNO3/c1-14(2,10-18)17(5)13(19)15(3,4)20-12-8-6-11(16)7-9-12/h6-9,18H,10H2,1-5H3. The number of likely N-dealkylation sites (N-methyl/N-ethyl adjacent to an activating group) is 1. The van der Waals surface area contributed by atoms with Crippen molar-refractivity contribution in [1.82, 2.24) is 4.90 Å². The first kappa shape index (κ1) is 16.8. The van der Waals surface area contributed by atoms with Crippen LogP contribution in [0.25, 0.3) is 0 Å². The molecule has 0 saturated carbocycles. The van der Waals surface area contributed by atoms with Crippen molar-refractivity contribution in [2.75, 3.05) is 13.7 Å². The van der Waals surface area contributed by atoms with Crippen molar-refractivity contribution in [3.8, 4) is 5.75 Å². The summed E-state index contributed by atoms with van der Waals surface area (Å²) in [6.45, 7) is 6.88. The molecule has 0 bridgehead atoms. The van der Waals surface area contributed by atoms with Crippen LogP contribution in [0.15, 0.2) is 24.3 Å². The molecule has 0 fully saturated rings. The highest BCUT2D eigenvalue weighted by molar-refractivity contribution is 6.30. The Bertz CT molecular complexity index is 469. The number of halogens is 1. The molecule has 0 aliphatic carbocycles. The minimum absolute atomic E-state index is 0.119. The van der Waals surface area contributed by atoms with Gasteiger partial charge in [-0.3, -0.25) is 4.79 Å². The van der Waals surface area contributed by atoms with Crippen LogP contribution in [0.3, 0.4) is 0 Å². The van der Waals surface area contributed by atoms with Crippen molar-refractivity contribution in [3.63, 3.8) is 0 Å². The average Bonchev–Trinajstić information content (AvgIpc) is 2.39. The van der Waals surface area contributed by atoms with Gasteiger partial charge in [0.05, 0.1) is 12.1 Å². The quantitative estimate of drug-likeness (QED) is 0.909. The molecule has 0 saturated heterocycles. The van der Waals surface area contributed by atoms with E-state index in [1.54, 1.807) is 59.0 Å². The number of rotatable bonds is 5. The molecular formula is C15H22ClNO3. The maximum atomic E-state index is 12.5. The van der Waals surface area contributed by atoms with Gasteiger partial charge in [-0.1, -0.05) is 11.6 Å². The fraction of sp³-hybridized carbons (Fsp3) is 0.533. The van der Waals surface area contributed by atoms with E-state index < -0.39 is 11.1 Å². The van der Waals surface area contributed by atoms with E-state index in [9.17, 15) is 9.90 Å². The number of ether oxygens (including phenoxy) is 1. The lowest BCUT2D eigenvalue weighted by atomic mass is 10.0. The number of amides is 1. The third kappa shape index (κ3) is 3.87. The molecule has 4 nitrogen and oxygen atoms in total. The predicted molar refractivity (Wildman–Crippen MR) is 80.1 cm³/mol. The molecule has 112 valence electrons. The molecule has 20 heavy (non-hydrogen) atoms. The Morgan fingerprint density at radius 1 is 1.25 bits per heavy atom.